The van der Waals surface area contributed by atoms with Crippen molar-refractivity contribution in [1.82, 2.24) is 5.32 Å². The van der Waals surface area contributed by atoms with Gasteiger partial charge in [-0.15, -0.1) is 0 Å². The summed E-state index contributed by atoms with van der Waals surface area (Å²) in [6.45, 7) is 4.24. The number of nitrogens with zero attached hydrogens (tertiary/aromatic N) is 1. The van der Waals surface area contributed by atoms with Gasteiger partial charge in [0.25, 0.3) is 10.0 Å². The molecular formula is C22H28ClFN2O3S. The van der Waals surface area contributed by atoms with Crippen molar-refractivity contribution in [2.45, 2.75) is 44.4 Å². The third-order valence-electron chi connectivity index (χ3n) is 4.94. The first-order valence-electron chi connectivity index (χ1n) is 10.1. The van der Waals surface area contributed by atoms with Crippen molar-refractivity contribution >= 4 is 33.2 Å². The lowest BCUT2D eigenvalue weighted by molar-refractivity contribution is -0.119. The van der Waals surface area contributed by atoms with Gasteiger partial charge < -0.3 is 5.32 Å². The number of hydrogen-bond donors (Lipinski definition) is 1. The number of sulfonamides is 1. The van der Waals surface area contributed by atoms with Crippen molar-refractivity contribution in [3.63, 3.8) is 0 Å². The van der Waals surface area contributed by atoms with Crippen LogP contribution in [-0.2, 0) is 14.8 Å². The number of benzene rings is 2. The monoisotopic (exact) mass is 454 g/mol. The Hall–Kier alpha value is -2.12. The Labute approximate surface area is 183 Å². The van der Waals surface area contributed by atoms with Crippen LogP contribution in [0.25, 0.3) is 0 Å². The molecule has 0 radical (unpaired) electrons. The predicted molar refractivity (Wildman–Crippen MR) is 119 cm³/mol. The van der Waals surface area contributed by atoms with Crippen LogP contribution in [0.1, 0.15) is 39.5 Å². The lowest BCUT2D eigenvalue weighted by Crippen LogP contribution is -2.42. The van der Waals surface area contributed by atoms with E-state index in [2.05, 4.69) is 19.2 Å². The molecule has 2 rings (SSSR count). The van der Waals surface area contributed by atoms with E-state index in [1.807, 2.05) is 0 Å². The molecule has 0 fully saturated rings. The molecule has 0 heterocycles. The summed E-state index contributed by atoms with van der Waals surface area (Å²) >= 11 is 5.86. The Kier molecular flexibility index (Phi) is 9.11. The quantitative estimate of drug-likeness (QED) is 0.519. The zero-order valence-electron chi connectivity index (χ0n) is 17.3. The molecule has 0 aliphatic carbocycles. The molecule has 30 heavy (non-hydrogen) atoms. The maximum atomic E-state index is 13.6. The third kappa shape index (κ3) is 6.44. The minimum absolute atomic E-state index is 0.0348. The summed E-state index contributed by atoms with van der Waals surface area (Å²) in [5, 5.41) is 2.62. The second-order valence-corrected chi connectivity index (χ2v) is 9.41. The van der Waals surface area contributed by atoms with Gasteiger partial charge in [0.05, 0.1) is 15.6 Å². The Bertz CT molecular complexity index is 939. The fourth-order valence-corrected chi connectivity index (χ4v) is 4.67. The summed E-state index contributed by atoms with van der Waals surface area (Å²) in [6.07, 6.45) is 4.10. The van der Waals surface area contributed by atoms with E-state index in [1.54, 1.807) is 18.2 Å². The van der Waals surface area contributed by atoms with Crippen LogP contribution >= 0.6 is 11.6 Å². The fourth-order valence-electron chi connectivity index (χ4n) is 3.06. The summed E-state index contributed by atoms with van der Waals surface area (Å²) < 4.78 is 41.0. The number of carbonyl (C=O) groups is 1. The average molecular weight is 455 g/mol. The number of unbranched alkanes of at least 4 members (excludes halogenated alkanes) is 1. The summed E-state index contributed by atoms with van der Waals surface area (Å²) in [7, 11) is -4.05. The Morgan fingerprint density at radius 1 is 1.17 bits per heavy atom. The minimum atomic E-state index is -4.05. The van der Waals surface area contributed by atoms with Crippen molar-refractivity contribution in [1.29, 1.82) is 0 Å². The second-order valence-electron chi connectivity index (χ2n) is 7.14. The van der Waals surface area contributed by atoms with E-state index in [-0.39, 0.29) is 15.6 Å². The Balaban J connectivity index is 2.26. The smallest absolute Gasteiger partial charge is 0.264 e. The standard InChI is InChI=1S/C22H28ClFN2O3S/c1-3-5-9-17(4-2)15-25-22(27)16-26(18-12-13-21(24)20(23)14-18)30(28,29)19-10-7-6-8-11-19/h6-8,10-14,17H,3-5,9,15-16H2,1-2H3,(H,25,27)/t17-/m0/s1. The van der Waals surface area contributed by atoms with Crippen LogP contribution in [0.15, 0.2) is 53.4 Å². The van der Waals surface area contributed by atoms with Crippen molar-refractivity contribution in [2.75, 3.05) is 17.4 Å². The first-order valence-corrected chi connectivity index (χ1v) is 11.9. The van der Waals surface area contributed by atoms with Gasteiger partial charge in [0.15, 0.2) is 0 Å². The SMILES string of the molecule is CCCC[C@H](CC)CNC(=O)CN(c1ccc(F)c(Cl)c1)S(=O)(=O)c1ccccc1. The molecule has 0 spiro atoms. The molecule has 0 unspecified atom stereocenters. The number of hydrogen-bond acceptors (Lipinski definition) is 3. The number of amides is 1. The molecule has 0 bridgehead atoms. The van der Waals surface area contributed by atoms with E-state index in [0.29, 0.717) is 12.5 Å². The fraction of sp³-hybridized carbons (Fsp3) is 0.409. The van der Waals surface area contributed by atoms with Crippen molar-refractivity contribution < 1.29 is 17.6 Å². The molecule has 8 heteroatoms. The molecule has 0 aliphatic rings. The van der Waals surface area contributed by atoms with Gasteiger partial charge in [-0.25, -0.2) is 12.8 Å². The van der Waals surface area contributed by atoms with E-state index < -0.39 is 28.3 Å². The van der Waals surface area contributed by atoms with Crippen LogP contribution in [0.2, 0.25) is 5.02 Å². The van der Waals surface area contributed by atoms with Crippen LogP contribution in [-0.4, -0.2) is 27.4 Å². The molecule has 0 aromatic heterocycles. The van der Waals surface area contributed by atoms with E-state index >= 15 is 0 Å². The molecule has 2 aromatic carbocycles. The predicted octanol–water partition coefficient (Wildman–Crippen LogP) is 5.01. The summed E-state index contributed by atoms with van der Waals surface area (Å²) in [5.74, 6) is -0.748. The van der Waals surface area contributed by atoms with Crippen LogP contribution in [0, 0.1) is 11.7 Å². The van der Waals surface area contributed by atoms with Gasteiger partial charge in [-0.1, -0.05) is 62.9 Å². The van der Waals surface area contributed by atoms with Gasteiger partial charge in [-0.2, -0.15) is 0 Å². The Morgan fingerprint density at radius 2 is 1.87 bits per heavy atom. The van der Waals surface area contributed by atoms with E-state index in [0.717, 1.165) is 36.1 Å². The van der Waals surface area contributed by atoms with Crippen molar-refractivity contribution in [2.24, 2.45) is 5.92 Å². The first kappa shape index (κ1) is 24.2. The van der Waals surface area contributed by atoms with E-state index in [1.165, 1.54) is 24.3 Å². The molecule has 0 aliphatic heterocycles. The molecule has 5 nitrogen and oxygen atoms in total. The van der Waals surface area contributed by atoms with Crippen molar-refractivity contribution in [3.8, 4) is 0 Å². The van der Waals surface area contributed by atoms with Crippen LogP contribution in [0.5, 0.6) is 0 Å². The van der Waals surface area contributed by atoms with Gasteiger partial charge in [0.2, 0.25) is 5.91 Å². The van der Waals surface area contributed by atoms with Gasteiger partial charge in [-0.05, 0) is 42.7 Å². The second kappa shape index (κ2) is 11.3. The molecule has 1 amide bonds. The number of carbonyl (C=O) groups excluding carboxylic acids is 1. The van der Waals surface area contributed by atoms with Crippen LogP contribution in [0.4, 0.5) is 10.1 Å². The average Bonchev–Trinajstić information content (AvgIpc) is 2.74. The molecule has 1 atom stereocenters. The number of rotatable bonds is 11. The molecule has 2 aromatic rings. The van der Waals surface area contributed by atoms with Crippen LogP contribution in [0.3, 0.4) is 0 Å². The van der Waals surface area contributed by atoms with Crippen LogP contribution < -0.4 is 9.62 Å². The highest BCUT2D eigenvalue weighted by Gasteiger charge is 2.27. The minimum Gasteiger partial charge on any atom is -0.354 e. The number of halogens is 2. The van der Waals surface area contributed by atoms with Gasteiger partial charge in [0.1, 0.15) is 12.4 Å². The summed E-state index contributed by atoms with van der Waals surface area (Å²) in [5.41, 5.74) is 0.124. The van der Waals surface area contributed by atoms with Crippen molar-refractivity contribution in [3.05, 3.63) is 59.4 Å². The summed E-state index contributed by atoms with van der Waals surface area (Å²) in [4.78, 5) is 12.7. The lowest BCUT2D eigenvalue weighted by atomic mass is 9.99. The third-order valence-corrected chi connectivity index (χ3v) is 7.02. The highest BCUT2D eigenvalue weighted by atomic mass is 35.5. The summed E-state index contributed by atoms with van der Waals surface area (Å²) in [6, 6.07) is 11.4. The number of nitrogens with one attached hydrogen (secondary N) is 1. The molecule has 164 valence electrons. The van der Waals surface area contributed by atoms with Gasteiger partial charge in [0, 0.05) is 6.54 Å². The Morgan fingerprint density at radius 3 is 2.47 bits per heavy atom. The maximum Gasteiger partial charge on any atom is 0.264 e. The molecule has 0 saturated heterocycles. The van der Waals surface area contributed by atoms with E-state index in [4.69, 9.17) is 11.6 Å². The topological polar surface area (TPSA) is 66.5 Å². The highest BCUT2D eigenvalue weighted by molar-refractivity contribution is 7.92. The highest BCUT2D eigenvalue weighted by Crippen LogP contribution is 2.27. The van der Waals surface area contributed by atoms with E-state index in [9.17, 15) is 17.6 Å². The first-order chi connectivity index (χ1) is 14.3. The largest absolute Gasteiger partial charge is 0.354 e. The molecule has 1 N–H and O–H groups in total. The molecular weight excluding hydrogens is 427 g/mol. The van der Waals surface area contributed by atoms with Gasteiger partial charge in [-0.3, -0.25) is 9.10 Å². The lowest BCUT2D eigenvalue weighted by Gasteiger charge is -2.25. The van der Waals surface area contributed by atoms with Gasteiger partial charge >= 0.3 is 0 Å². The molecule has 0 saturated carbocycles. The maximum absolute atomic E-state index is 13.6. The normalized spacial score (nSPS) is 12.4. The zero-order chi connectivity index (χ0) is 22.1. The number of anilines is 1. The zero-order valence-corrected chi connectivity index (χ0v) is 18.8.